The molecule has 1 unspecified atom stereocenters. The summed E-state index contributed by atoms with van der Waals surface area (Å²) in [4.78, 5) is 41.8. The summed E-state index contributed by atoms with van der Waals surface area (Å²) in [7, 11) is 0. The van der Waals surface area contributed by atoms with E-state index < -0.39 is 0 Å². The maximum atomic E-state index is 12.9. The largest absolute Gasteiger partial charge is 0.368 e. The number of nitrogens with zero attached hydrogens (tertiary/aromatic N) is 4. The van der Waals surface area contributed by atoms with Crippen LogP contribution < -0.4 is 16.1 Å². The summed E-state index contributed by atoms with van der Waals surface area (Å²) < 4.78 is 8.47. The number of carbonyl (C=O) groups excluding carboxylic acids is 1. The smallest absolute Gasteiger partial charge is 0.333 e. The average Bonchev–Trinajstić information content (AvgIpc) is 3.14. The summed E-state index contributed by atoms with van der Waals surface area (Å²) in [6, 6.07) is 1.30. The molecule has 2 fully saturated rings. The highest BCUT2D eigenvalue weighted by Crippen LogP contribution is 2.20. The van der Waals surface area contributed by atoms with E-state index in [-0.39, 0.29) is 35.3 Å². The molecule has 0 saturated carbocycles. The Morgan fingerprint density at radius 3 is 2.19 bits per heavy atom. The molecule has 2 aliphatic heterocycles. The second kappa shape index (κ2) is 7.88. The van der Waals surface area contributed by atoms with Gasteiger partial charge in [0.2, 0.25) is 0 Å². The maximum absolute atomic E-state index is 12.9. The van der Waals surface area contributed by atoms with Gasteiger partial charge in [-0.2, -0.15) is 0 Å². The Kier molecular flexibility index (Phi) is 5.74. The van der Waals surface area contributed by atoms with Gasteiger partial charge in [0, 0.05) is 50.9 Å². The summed E-state index contributed by atoms with van der Waals surface area (Å²) in [5.41, 5.74) is -0.555. The lowest BCUT2D eigenvalue weighted by Crippen LogP contribution is -2.53. The highest BCUT2D eigenvalue weighted by atomic mass is 16.5. The van der Waals surface area contributed by atoms with Crippen LogP contribution in [0.15, 0.2) is 15.7 Å². The molecule has 27 heavy (non-hydrogen) atoms. The number of hydrogen-bond acceptors (Lipinski definition) is 5. The Bertz CT molecular complexity index is 797. The predicted octanol–water partition coefficient (Wildman–Crippen LogP) is 0.999. The second-order valence-electron chi connectivity index (χ2n) is 7.86. The topological polar surface area (TPSA) is 76.8 Å². The minimum Gasteiger partial charge on any atom is -0.368 e. The molecule has 8 nitrogen and oxygen atoms in total. The SMILES string of the molecule is CC(C)n1c(N2CCN(C(=O)C3CCCO3)CC2)cc(=O)n(C(C)C)c1=O. The Morgan fingerprint density at radius 2 is 1.67 bits per heavy atom. The van der Waals surface area contributed by atoms with Gasteiger partial charge in [-0.1, -0.05) is 0 Å². The monoisotopic (exact) mass is 378 g/mol. The van der Waals surface area contributed by atoms with Crippen LogP contribution in [0.1, 0.15) is 52.6 Å². The lowest BCUT2D eigenvalue weighted by Gasteiger charge is -2.38. The van der Waals surface area contributed by atoms with E-state index in [0.717, 1.165) is 12.8 Å². The molecule has 1 atom stereocenters. The summed E-state index contributed by atoms with van der Waals surface area (Å²) in [5.74, 6) is 0.699. The van der Waals surface area contributed by atoms with Crippen molar-refractivity contribution in [1.29, 1.82) is 0 Å². The fourth-order valence-corrected chi connectivity index (χ4v) is 3.89. The molecule has 0 spiro atoms. The molecular weight excluding hydrogens is 348 g/mol. The van der Waals surface area contributed by atoms with Crippen LogP contribution in [0.5, 0.6) is 0 Å². The van der Waals surface area contributed by atoms with Gasteiger partial charge in [0.15, 0.2) is 0 Å². The van der Waals surface area contributed by atoms with Gasteiger partial charge in [-0.05, 0) is 40.5 Å². The first-order valence-corrected chi connectivity index (χ1v) is 9.84. The van der Waals surface area contributed by atoms with Crippen molar-refractivity contribution in [2.45, 2.75) is 58.7 Å². The number of hydrogen-bond donors (Lipinski definition) is 0. The van der Waals surface area contributed by atoms with Crippen LogP contribution in [0.25, 0.3) is 0 Å². The van der Waals surface area contributed by atoms with Gasteiger partial charge < -0.3 is 14.5 Å². The van der Waals surface area contributed by atoms with Gasteiger partial charge in [-0.3, -0.25) is 18.7 Å². The van der Waals surface area contributed by atoms with Crippen LogP contribution in [0.3, 0.4) is 0 Å². The number of aromatic nitrogens is 2. The van der Waals surface area contributed by atoms with Crippen molar-refractivity contribution < 1.29 is 9.53 Å². The quantitative estimate of drug-likeness (QED) is 0.781. The van der Waals surface area contributed by atoms with Crippen molar-refractivity contribution in [1.82, 2.24) is 14.0 Å². The third kappa shape index (κ3) is 3.81. The van der Waals surface area contributed by atoms with Gasteiger partial charge in [-0.15, -0.1) is 0 Å². The van der Waals surface area contributed by atoms with Crippen LogP contribution >= 0.6 is 0 Å². The Labute approximate surface area is 159 Å². The van der Waals surface area contributed by atoms with Crippen LogP contribution in [-0.4, -0.2) is 58.8 Å². The third-order valence-electron chi connectivity index (χ3n) is 5.30. The van der Waals surface area contributed by atoms with E-state index in [1.54, 1.807) is 10.6 Å². The number of rotatable bonds is 4. The molecule has 3 rings (SSSR count). The highest BCUT2D eigenvalue weighted by molar-refractivity contribution is 5.81. The second-order valence-corrected chi connectivity index (χ2v) is 7.86. The van der Waals surface area contributed by atoms with Crippen molar-refractivity contribution in [3.8, 4) is 0 Å². The molecule has 0 bridgehead atoms. The van der Waals surface area contributed by atoms with Crippen molar-refractivity contribution in [2.75, 3.05) is 37.7 Å². The number of amides is 1. The van der Waals surface area contributed by atoms with E-state index in [2.05, 4.69) is 0 Å². The van der Waals surface area contributed by atoms with Crippen molar-refractivity contribution in [3.05, 3.63) is 26.9 Å². The normalized spacial score (nSPS) is 20.7. The van der Waals surface area contributed by atoms with Crippen molar-refractivity contribution in [2.24, 2.45) is 0 Å². The molecule has 150 valence electrons. The zero-order valence-corrected chi connectivity index (χ0v) is 16.7. The van der Waals surface area contributed by atoms with Crippen LogP contribution in [-0.2, 0) is 9.53 Å². The van der Waals surface area contributed by atoms with Crippen molar-refractivity contribution >= 4 is 11.7 Å². The Hall–Kier alpha value is -2.09. The fraction of sp³-hybridized carbons (Fsp3) is 0.737. The number of anilines is 1. The van der Waals surface area contributed by atoms with Gasteiger partial charge in [0.25, 0.3) is 11.5 Å². The molecule has 2 aliphatic rings. The van der Waals surface area contributed by atoms with Gasteiger partial charge in [0.05, 0.1) is 0 Å². The summed E-state index contributed by atoms with van der Waals surface area (Å²) >= 11 is 0. The zero-order valence-electron chi connectivity index (χ0n) is 16.7. The van der Waals surface area contributed by atoms with Crippen LogP contribution in [0, 0.1) is 0 Å². The summed E-state index contributed by atoms with van der Waals surface area (Å²) in [5, 5.41) is 0. The van der Waals surface area contributed by atoms with E-state index in [9.17, 15) is 14.4 Å². The first-order chi connectivity index (χ1) is 12.8. The third-order valence-corrected chi connectivity index (χ3v) is 5.30. The Balaban J connectivity index is 1.82. The number of carbonyl (C=O) groups is 1. The standard InChI is InChI=1S/C19H30N4O4/c1-13(2)22-16(12-17(24)23(14(3)4)19(22)26)20-7-9-21(10-8-20)18(25)15-6-5-11-27-15/h12-15H,5-11H2,1-4H3. The van der Waals surface area contributed by atoms with Crippen molar-refractivity contribution in [3.63, 3.8) is 0 Å². The molecule has 1 amide bonds. The maximum Gasteiger partial charge on any atom is 0.333 e. The van der Waals surface area contributed by atoms with Gasteiger partial charge in [0.1, 0.15) is 11.9 Å². The Morgan fingerprint density at radius 1 is 1.04 bits per heavy atom. The first-order valence-electron chi connectivity index (χ1n) is 9.84. The van der Waals surface area contributed by atoms with Crippen LogP contribution in [0.4, 0.5) is 5.82 Å². The molecule has 0 radical (unpaired) electrons. The van der Waals surface area contributed by atoms with Crippen LogP contribution in [0.2, 0.25) is 0 Å². The minimum absolute atomic E-state index is 0.0589. The molecule has 1 aromatic heterocycles. The number of piperazine rings is 1. The molecule has 3 heterocycles. The molecule has 0 N–H and O–H groups in total. The summed E-state index contributed by atoms with van der Waals surface area (Å²) in [6.45, 7) is 10.5. The highest BCUT2D eigenvalue weighted by Gasteiger charge is 2.31. The molecule has 1 aromatic rings. The zero-order chi connectivity index (χ0) is 19.7. The fourth-order valence-electron chi connectivity index (χ4n) is 3.89. The van der Waals surface area contributed by atoms with E-state index in [1.807, 2.05) is 37.5 Å². The first kappa shape index (κ1) is 19.7. The lowest BCUT2D eigenvalue weighted by atomic mass is 10.2. The number of ether oxygens (including phenoxy) is 1. The van der Waals surface area contributed by atoms with E-state index in [1.165, 1.54) is 4.57 Å². The van der Waals surface area contributed by atoms with Gasteiger partial charge >= 0.3 is 5.69 Å². The molecular formula is C19H30N4O4. The lowest BCUT2D eigenvalue weighted by molar-refractivity contribution is -0.141. The molecule has 2 saturated heterocycles. The average molecular weight is 378 g/mol. The molecule has 8 heteroatoms. The summed E-state index contributed by atoms with van der Waals surface area (Å²) in [6.07, 6.45) is 1.42. The minimum atomic E-state index is -0.305. The predicted molar refractivity (Wildman–Crippen MR) is 103 cm³/mol. The van der Waals surface area contributed by atoms with E-state index in [4.69, 9.17) is 4.74 Å². The molecule has 0 aromatic carbocycles. The van der Waals surface area contributed by atoms with E-state index in [0.29, 0.717) is 38.6 Å². The van der Waals surface area contributed by atoms with E-state index >= 15 is 0 Å². The molecule has 0 aliphatic carbocycles. The van der Waals surface area contributed by atoms with Gasteiger partial charge in [-0.25, -0.2) is 4.79 Å².